The van der Waals surface area contributed by atoms with Crippen molar-refractivity contribution in [3.63, 3.8) is 0 Å². The Kier molecular flexibility index (Phi) is 3.87. The van der Waals surface area contributed by atoms with Crippen LogP contribution in [-0.2, 0) is 6.54 Å². The summed E-state index contributed by atoms with van der Waals surface area (Å²) >= 11 is 3.43. The van der Waals surface area contributed by atoms with E-state index in [1.54, 1.807) is 18.2 Å². The lowest BCUT2D eigenvalue weighted by molar-refractivity contribution is 0.0775. The minimum Gasteiger partial charge on any atom is -0.467 e. The molecule has 0 atom stereocenters. The lowest BCUT2D eigenvalue weighted by Gasteiger charge is -2.16. The van der Waals surface area contributed by atoms with Crippen LogP contribution in [-0.4, -0.2) is 17.9 Å². The van der Waals surface area contributed by atoms with Crippen molar-refractivity contribution in [2.75, 3.05) is 7.05 Å². The Morgan fingerprint density at radius 1 is 1.39 bits per heavy atom. The summed E-state index contributed by atoms with van der Waals surface area (Å²) in [5.74, 6) is 0.754. The summed E-state index contributed by atoms with van der Waals surface area (Å²) in [6.45, 7) is 2.46. The van der Waals surface area contributed by atoms with Gasteiger partial charge in [-0.2, -0.15) is 0 Å². The van der Waals surface area contributed by atoms with E-state index >= 15 is 0 Å². The maximum absolute atomic E-state index is 12.2. The summed E-state index contributed by atoms with van der Waals surface area (Å²) in [6, 6.07) is 9.28. The van der Waals surface area contributed by atoms with Crippen molar-refractivity contribution in [3.8, 4) is 0 Å². The Balaban J connectivity index is 2.12. The van der Waals surface area contributed by atoms with Crippen LogP contribution in [0.2, 0.25) is 0 Å². The van der Waals surface area contributed by atoms with Crippen LogP contribution in [0.4, 0.5) is 0 Å². The van der Waals surface area contributed by atoms with E-state index in [1.807, 2.05) is 37.3 Å². The van der Waals surface area contributed by atoms with Gasteiger partial charge in [0.15, 0.2) is 0 Å². The fourth-order valence-corrected chi connectivity index (χ4v) is 2.03. The Morgan fingerprint density at radius 3 is 2.78 bits per heavy atom. The number of halogens is 1. The Bertz CT molecular complexity index is 549. The predicted octanol–water partition coefficient (Wildman–Crippen LogP) is 3.62. The molecule has 2 aromatic rings. The second-order valence-corrected chi connectivity index (χ2v) is 5.06. The number of amides is 1. The second-order valence-electron chi connectivity index (χ2n) is 4.20. The van der Waals surface area contributed by atoms with E-state index in [-0.39, 0.29) is 5.91 Å². The summed E-state index contributed by atoms with van der Waals surface area (Å²) in [5.41, 5.74) is 1.78. The van der Waals surface area contributed by atoms with Gasteiger partial charge >= 0.3 is 0 Å². The quantitative estimate of drug-likeness (QED) is 0.867. The molecule has 0 saturated carbocycles. The summed E-state index contributed by atoms with van der Waals surface area (Å²) in [7, 11) is 1.76. The molecule has 1 aromatic carbocycles. The van der Waals surface area contributed by atoms with Gasteiger partial charge in [0.05, 0.1) is 12.8 Å². The summed E-state index contributed by atoms with van der Waals surface area (Å²) in [6.07, 6.45) is 1.61. The lowest BCUT2D eigenvalue weighted by Crippen LogP contribution is -2.26. The number of carbonyl (C=O) groups is 1. The summed E-state index contributed by atoms with van der Waals surface area (Å²) in [5, 5.41) is 0. The molecule has 3 nitrogen and oxygen atoms in total. The molecule has 4 heteroatoms. The highest BCUT2D eigenvalue weighted by Gasteiger charge is 2.13. The molecule has 0 fully saturated rings. The zero-order valence-electron chi connectivity index (χ0n) is 10.3. The molecular weight excluding hydrogens is 294 g/mol. The topological polar surface area (TPSA) is 33.5 Å². The van der Waals surface area contributed by atoms with Crippen molar-refractivity contribution in [1.82, 2.24) is 4.90 Å². The molecule has 0 aliphatic heterocycles. The van der Waals surface area contributed by atoms with Crippen molar-refractivity contribution >= 4 is 21.8 Å². The van der Waals surface area contributed by atoms with E-state index in [1.165, 1.54) is 0 Å². The maximum Gasteiger partial charge on any atom is 0.254 e. The van der Waals surface area contributed by atoms with E-state index in [2.05, 4.69) is 15.9 Å². The van der Waals surface area contributed by atoms with Gasteiger partial charge in [-0.1, -0.05) is 22.0 Å². The van der Waals surface area contributed by atoms with Gasteiger partial charge < -0.3 is 9.32 Å². The number of rotatable bonds is 3. The molecule has 2 rings (SSSR count). The maximum atomic E-state index is 12.2. The first-order valence-electron chi connectivity index (χ1n) is 5.62. The third-order valence-corrected chi connectivity index (χ3v) is 3.59. The standard InChI is InChI=1S/C14H14BrNO2/c1-10-5-6-11(8-13(10)15)14(17)16(2)9-12-4-3-7-18-12/h3-8H,9H2,1-2H3. The van der Waals surface area contributed by atoms with Gasteiger partial charge in [0.25, 0.3) is 5.91 Å². The van der Waals surface area contributed by atoms with Crippen LogP contribution in [0.15, 0.2) is 45.5 Å². The molecule has 0 saturated heterocycles. The highest BCUT2D eigenvalue weighted by Crippen LogP contribution is 2.19. The number of aryl methyl sites for hydroxylation is 1. The largest absolute Gasteiger partial charge is 0.467 e. The number of hydrogen-bond acceptors (Lipinski definition) is 2. The van der Waals surface area contributed by atoms with Gasteiger partial charge in [-0.25, -0.2) is 0 Å². The lowest BCUT2D eigenvalue weighted by atomic mass is 10.1. The molecule has 0 radical (unpaired) electrons. The zero-order chi connectivity index (χ0) is 13.1. The van der Waals surface area contributed by atoms with Crippen LogP contribution >= 0.6 is 15.9 Å². The number of hydrogen-bond donors (Lipinski definition) is 0. The number of nitrogens with zero attached hydrogens (tertiary/aromatic N) is 1. The van der Waals surface area contributed by atoms with E-state index in [0.717, 1.165) is 15.8 Å². The Morgan fingerprint density at radius 2 is 2.17 bits per heavy atom. The smallest absolute Gasteiger partial charge is 0.254 e. The van der Waals surface area contributed by atoms with Gasteiger partial charge in [0.1, 0.15) is 5.76 Å². The van der Waals surface area contributed by atoms with Crippen molar-refractivity contribution in [2.45, 2.75) is 13.5 Å². The first-order valence-corrected chi connectivity index (χ1v) is 6.41. The van der Waals surface area contributed by atoms with E-state index < -0.39 is 0 Å². The molecule has 18 heavy (non-hydrogen) atoms. The highest BCUT2D eigenvalue weighted by molar-refractivity contribution is 9.10. The van der Waals surface area contributed by atoms with E-state index in [9.17, 15) is 4.79 Å². The molecule has 0 aliphatic rings. The third-order valence-electron chi connectivity index (χ3n) is 2.74. The van der Waals surface area contributed by atoms with E-state index in [0.29, 0.717) is 12.1 Å². The van der Waals surface area contributed by atoms with Crippen molar-refractivity contribution in [3.05, 3.63) is 58.0 Å². The summed E-state index contributed by atoms with van der Waals surface area (Å²) in [4.78, 5) is 13.8. The minimum absolute atomic E-state index is 0.0212. The van der Waals surface area contributed by atoms with Crippen LogP contribution < -0.4 is 0 Å². The van der Waals surface area contributed by atoms with Gasteiger partial charge in [0.2, 0.25) is 0 Å². The number of carbonyl (C=O) groups excluding carboxylic acids is 1. The van der Waals surface area contributed by atoms with Crippen LogP contribution in [0.5, 0.6) is 0 Å². The molecule has 0 spiro atoms. The van der Waals surface area contributed by atoms with E-state index in [4.69, 9.17) is 4.42 Å². The zero-order valence-corrected chi connectivity index (χ0v) is 11.9. The van der Waals surface area contributed by atoms with Crippen LogP contribution in [0, 0.1) is 6.92 Å². The van der Waals surface area contributed by atoms with Crippen LogP contribution in [0.1, 0.15) is 21.7 Å². The molecule has 1 heterocycles. The molecule has 94 valence electrons. The molecule has 1 amide bonds. The molecule has 0 aliphatic carbocycles. The predicted molar refractivity (Wildman–Crippen MR) is 73.4 cm³/mol. The minimum atomic E-state index is -0.0212. The molecule has 0 unspecified atom stereocenters. The number of benzene rings is 1. The van der Waals surface area contributed by atoms with Gasteiger partial charge in [-0.3, -0.25) is 4.79 Å². The van der Waals surface area contributed by atoms with Crippen LogP contribution in [0.3, 0.4) is 0 Å². The first kappa shape index (κ1) is 12.9. The fourth-order valence-electron chi connectivity index (χ4n) is 1.65. The second kappa shape index (κ2) is 5.40. The van der Waals surface area contributed by atoms with Gasteiger partial charge in [-0.15, -0.1) is 0 Å². The van der Waals surface area contributed by atoms with Gasteiger partial charge in [0, 0.05) is 17.1 Å². The normalized spacial score (nSPS) is 10.4. The monoisotopic (exact) mass is 307 g/mol. The van der Waals surface area contributed by atoms with Crippen LogP contribution in [0.25, 0.3) is 0 Å². The number of furan rings is 1. The highest BCUT2D eigenvalue weighted by atomic mass is 79.9. The third kappa shape index (κ3) is 2.82. The van der Waals surface area contributed by atoms with Gasteiger partial charge in [-0.05, 0) is 36.8 Å². The summed E-state index contributed by atoms with van der Waals surface area (Å²) < 4.78 is 6.17. The molecular formula is C14H14BrNO2. The molecule has 0 N–H and O–H groups in total. The van der Waals surface area contributed by atoms with Crippen molar-refractivity contribution in [2.24, 2.45) is 0 Å². The average molecular weight is 308 g/mol. The fraction of sp³-hybridized carbons (Fsp3) is 0.214. The van der Waals surface area contributed by atoms with Crippen molar-refractivity contribution < 1.29 is 9.21 Å². The first-order chi connectivity index (χ1) is 8.58. The Labute approximate surface area is 115 Å². The SMILES string of the molecule is Cc1ccc(C(=O)N(C)Cc2ccco2)cc1Br. The Hall–Kier alpha value is -1.55. The average Bonchev–Trinajstić information content (AvgIpc) is 2.84. The molecule has 0 bridgehead atoms. The van der Waals surface area contributed by atoms with Crippen molar-refractivity contribution in [1.29, 1.82) is 0 Å². The molecule has 1 aromatic heterocycles.